The number of piperidine rings is 1. The zero-order chi connectivity index (χ0) is 19.3. The van der Waals surface area contributed by atoms with E-state index in [2.05, 4.69) is 4.74 Å². The molecule has 0 bridgehead atoms. The maximum absolute atomic E-state index is 12.8. The van der Waals surface area contributed by atoms with Gasteiger partial charge < -0.3 is 14.4 Å². The highest BCUT2D eigenvalue weighted by molar-refractivity contribution is 5.99. The minimum Gasteiger partial charge on any atom is -0.466 e. The summed E-state index contributed by atoms with van der Waals surface area (Å²) in [4.78, 5) is 48.3. The number of rotatable bonds is 5. The molecule has 1 saturated heterocycles. The van der Waals surface area contributed by atoms with Gasteiger partial charge in [0, 0.05) is 30.8 Å². The van der Waals surface area contributed by atoms with E-state index < -0.39 is 22.7 Å². The van der Waals surface area contributed by atoms with Gasteiger partial charge in [-0.3, -0.25) is 19.7 Å². The average Bonchev–Trinajstić information content (AvgIpc) is 2.66. The number of ether oxygens (including phenoxy) is 2. The molecule has 1 unspecified atom stereocenters. The second-order valence-corrected chi connectivity index (χ2v) is 5.86. The number of amides is 1. The van der Waals surface area contributed by atoms with Crippen LogP contribution in [0.4, 0.5) is 5.69 Å². The number of nitrogens with zero attached hydrogens (tertiary/aromatic N) is 2. The fraction of sp³-hybridized carbons (Fsp3) is 0.471. The Kier molecular flexibility index (Phi) is 6.26. The maximum Gasteiger partial charge on any atom is 0.338 e. The van der Waals surface area contributed by atoms with E-state index in [0.717, 1.165) is 19.2 Å². The topological polar surface area (TPSA) is 116 Å². The number of hydrogen-bond acceptors (Lipinski definition) is 7. The number of benzene rings is 1. The maximum atomic E-state index is 12.8. The highest BCUT2D eigenvalue weighted by Crippen LogP contribution is 2.23. The van der Waals surface area contributed by atoms with Crippen molar-refractivity contribution in [2.24, 2.45) is 5.92 Å². The van der Waals surface area contributed by atoms with Crippen LogP contribution in [0.2, 0.25) is 0 Å². The van der Waals surface area contributed by atoms with Gasteiger partial charge in [0.15, 0.2) is 0 Å². The zero-order valence-corrected chi connectivity index (χ0v) is 14.6. The van der Waals surface area contributed by atoms with E-state index in [4.69, 9.17) is 4.74 Å². The Hall–Kier alpha value is -2.97. The second-order valence-electron chi connectivity index (χ2n) is 5.86. The summed E-state index contributed by atoms with van der Waals surface area (Å²) in [7, 11) is 1.15. The van der Waals surface area contributed by atoms with Crippen LogP contribution in [0.25, 0.3) is 0 Å². The Morgan fingerprint density at radius 2 is 1.96 bits per heavy atom. The molecule has 0 spiro atoms. The molecule has 0 saturated carbocycles. The number of hydrogen-bond donors (Lipinski definition) is 0. The lowest BCUT2D eigenvalue weighted by molar-refractivity contribution is -0.384. The Bertz CT molecular complexity index is 732. The molecule has 2 rings (SSSR count). The van der Waals surface area contributed by atoms with Crippen LogP contribution >= 0.6 is 0 Å². The van der Waals surface area contributed by atoms with E-state index in [1.807, 2.05) is 0 Å². The molecule has 1 amide bonds. The van der Waals surface area contributed by atoms with Gasteiger partial charge in [-0.05, 0) is 25.8 Å². The first kappa shape index (κ1) is 19.4. The van der Waals surface area contributed by atoms with Gasteiger partial charge in [0.25, 0.3) is 11.6 Å². The van der Waals surface area contributed by atoms with Crippen molar-refractivity contribution in [1.29, 1.82) is 0 Å². The third-order valence-electron chi connectivity index (χ3n) is 4.13. The summed E-state index contributed by atoms with van der Waals surface area (Å²) in [6.07, 6.45) is 1.24. The zero-order valence-electron chi connectivity index (χ0n) is 14.6. The van der Waals surface area contributed by atoms with Crippen molar-refractivity contribution in [2.45, 2.75) is 19.8 Å². The van der Waals surface area contributed by atoms with Crippen molar-refractivity contribution in [2.75, 3.05) is 26.8 Å². The normalized spacial score (nSPS) is 16.7. The van der Waals surface area contributed by atoms with Gasteiger partial charge >= 0.3 is 11.9 Å². The number of likely N-dealkylation sites (tertiary alicyclic amines) is 1. The first-order valence-electron chi connectivity index (χ1n) is 8.21. The molecule has 140 valence electrons. The van der Waals surface area contributed by atoms with Crippen molar-refractivity contribution >= 4 is 23.5 Å². The van der Waals surface area contributed by atoms with Crippen molar-refractivity contribution in [3.8, 4) is 0 Å². The van der Waals surface area contributed by atoms with E-state index in [1.54, 1.807) is 6.92 Å². The fourth-order valence-electron chi connectivity index (χ4n) is 2.87. The summed E-state index contributed by atoms with van der Waals surface area (Å²) in [5, 5.41) is 11.1. The first-order valence-corrected chi connectivity index (χ1v) is 8.21. The van der Waals surface area contributed by atoms with Crippen LogP contribution < -0.4 is 0 Å². The predicted octanol–water partition coefficient (Wildman–Crippen LogP) is 1.80. The fourth-order valence-corrected chi connectivity index (χ4v) is 2.87. The average molecular weight is 364 g/mol. The van der Waals surface area contributed by atoms with Crippen LogP contribution in [0.3, 0.4) is 0 Å². The third-order valence-corrected chi connectivity index (χ3v) is 4.13. The predicted molar refractivity (Wildman–Crippen MR) is 89.7 cm³/mol. The minimum atomic E-state index is -0.772. The number of nitro groups is 1. The molecule has 1 fully saturated rings. The minimum absolute atomic E-state index is 0.00380. The number of carbonyl (C=O) groups is 3. The Labute approximate surface area is 150 Å². The third kappa shape index (κ3) is 4.35. The molecular weight excluding hydrogens is 344 g/mol. The van der Waals surface area contributed by atoms with Crippen LogP contribution in [-0.2, 0) is 14.3 Å². The summed E-state index contributed by atoms with van der Waals surface area (Å²) in [6.45, 7) is 2.57. The molecular formula is C17H20N2O7. The molecule has 1 aromatic rings. The molecule has 9 heteroatoms. The summed E-state index contributed by atoms with van der Waals surface area (Å²) >= 11 is 0. The molecule has 1 atom stereocenters. The molecule has 1 aliphatic rings. The van der Waals surface area contributed by atoms with E-state index in [-0.39, 0.29) is 35.9 Å². The number of nitro benzene ring substituents is 1. The SMILES string of the molecule is CCOC(=O)C1CCCN(C(=O)c2cc(C(=O)OC)cc([N+](=O)[O-])c2)C1. The molecule has 0 N–H and O–H groups in total. The lowest BCUT2D eigenvalue weighted by atomic mass is 9.97. The van der Waals surface area contributed by atoms with Crippen LogP contribution in [-0.4, -0.2) is 54.5 Å². The Balaban J connectivity index is 2.27. The summed E-state index contributed by atoms with van der Waals surface area (Å²) in [6, 6.07) is 3.43. The number of methoxy groups -OCH3 is 1. The van der Waals surface area contributed by atoms with Crippen LogP contribution in [0.15, 0.2) is 18.2 Å². The van der Waals surface area contributed by atoms with Gasteiger partial charge in [-0.15, -0.1) is 0 Å². The van der Waals surface area contributed by atoms with E-state index in [1.165, 1.54) is 11.0 Å². The summed E-state index contributed by atoms with van der Waals surface area (Å²) in [5.74, 6) is -2.04. The van der Waals surface area contributed by atoms with Gasteiger partial charge in [0.2, 0.25) is 0 Å². The molecule has 1 heterocycles. The van der Waals surface area contributed by atoms with Crippen LogP contribution in [0, 0.1) is 16.0 Å². The van der Waals surface area contributed by atoms with Gasteiger partial charge in [-0.25, -0.2) is 4.79 Å². The molecule has 1 aliphatic heterocycles. The molecule has 0 aromatic heterocycles. The first-order chi connectivity index (χ1) is 12.4. The second kappa shape index (κ2) is 8.41. The monoisotopic (exact) mass is 364 g/mol. The molecule has 0 aliphatic carbocycles. The summed E-state index contributed by atoms with van der Waals surface area (Å²) in [5.41, 5.74) is -0.455. The van der Waals surface area contributed by atoms with Gasteiger partial charge in [0.1, 0.15) is 0 Å². The van der Waals surface area contributed by atoms with Crippen LogP contribution in [0.5, 0.6) is 0 Å². The van der Waals surface area contributed by atoms with Crippen molar-refractivity contribution < 1.29 is 28.8 Å². The summed E-state index contributed by atoms with van der Waals surface area (Å²) < 4.78 is 9.58. The van der Waals surface area contributed by atoms with Crippen molar-refractivity contribution in [3.63, 3.8) is 0 Å². The van der Waals surface area contributed by atoms with Crippen LogP contribution in [0.1, 0.15) is 40.5 Å². The molecule has 1 aromatic carbocycles. The van der Waals surface area contributed by atoms with Gasteiger partial charge in [0.05, 0.1) is 30.1 Å². The number of non-ortho nitro benzene ring substituents is 1. The van der Waals surface area contributed by atoms with Gasteiger partial charge in [-0.2, -0.15) is 0 Å². The molecule has 26 heavy (non-hydrogen) atoms. The van der Waals surface area contributed by atoms with E-state index >= 15 is 0 Å². The van der Waals surface area contributed by atoms with E-state index in [9.17, 15) is 24.5 Å². The lowest BCUT2D eigenvalue weighted by Gasteiger charge is -2.31. The lowest BCUT2D eigenvalue weighted by Crippen LogP contribution is -2.42. The van der Waals surface area contributed by atoms with Gasteiger partial charge in [-0.1, -0.05) is 0 Å². The molecule has 9 nitrogen and oxygen atoms in total. The standard InChI is InChI=1S/C17H20N2O7/c1-3-26-17(22)11-5-4-6-18(10-11)15(20)12-7-13(16(21)25-2)9-14(8-12)19(23)24/h7-9,11H,3-6,10H2,1-2H3. The number of esters is 2. The molecule has 0 radical (unpaired) electrons. The Morgan fingerprint density at radius 1 is 1.27 bits per heavy atom. The highest BCUT2D eigenvalue weighted by Gasteiger charge is 2.30. The van der Waals surface area contributed by atoms with Crippen molar-refractivity contribution in [3.05, 3.63) is 39.4 Å². The highest BCUT2D eigenvalue weighted by atomic mass is 16.6. The quantitative estimate of drug-likeness (QED) is 0.444. The Morgan fingerprint density at radius 3 is 2.58 bits per heavy atom. The smallest absolute Gasteiger partial charge is 0.338 e. The largest absolute Gasteiger partial charge is 0.466 e. The van der Waals surface area contributed by atoms with E-state index in [0.29, 0.717) is 19.4 Å². The van der Waals surface area contributed by atoms with Crippen molar-refractivity contribution in [1.82, 2.24) is 4.90 Å². The number of carbonyl (C=O) groups excluding carboxylic acids is 3.